The zero-order chi connectivity index (χ0) is 17.1. The van der Waals surface area contributed by atoms with Crippen molar-refractivity contribution >= 4 is 11.5 Å². The molecule has 0 aliphatic heterocycles. The van der Waals surface area contributed by atoms with Crippen molar-refractivity contribution in [1.29, 1.82) is 0 Å². The minimum Gasteiger partial charge on any atom is -0.411 e. The van der Waals surface area contributed by atoms with Gasteiger partial charge in [-0.1, -0.05) is 24.6 Å². The molecule has 0 amide bonds. The third kappa shape index (κ3) is 2.09. The molecule has 4 aliphatic rings. The lowest BCUT2D eigenvalue weighted by atomic mass is 9.46. The highest BCUT2D eigenvalue weighted by Crippen LogP contribution is 2.66. The smallest absolute Gasteiger partial charge is 0.155 e. The molecule has 4 rings (SSSR count). The molecule has 24 heavy (non-hydrogen) atoms. The lowest BCUT2D eigenvalue weighted by molar-refractivity contribution is -0.117. The maximum Gasteiger partial charge on any atom is 0.155 e. The molecule has 0 bridgehead atoms. The van der Waals surface area contributed by atoms with Crippen LogP contribution in [0, 0.1) is 34.5 Å². The van der Waals surface area contributed by atoms with Gasteiger partial charge in [0.2, 0.25) is 0 Å². The van der Waals surface area contributed by atoms with Gasteiger partial charge in [0.05, 0.1) is 5.71 Å². The van der Waals surface area contributed by atoms with Gasteiger partial charge in [-0.05, 0) is 86.5 Å². The SMILES string of the molecule is C/C(=N/O)[C@H]1CCC2C3CCC4=CC(=O)CCC4(C)C3CCC21C. The average molecular weight is 329 g/mol. The van der Waals surface area contributed by atoms with Gasteiger partial charge in [0.25, 0.3) is 0 Å². The summed E-state index contributed by atoms with van der Waals surface area (Å²) in [4.78, 5) is 11.9. The van der Waals surface area contributed by atoms with Crippen LogP contribution in [0.2, 0.25) is 0 Å². The summed E-state index contributed by atoms with van der Waals surface area (Å²) in [6.07, 6.45) is 11.1. The number of fused-ring (bicyclic) bond motifs is 5. The molecule has 3 heteroatoms. The fraction of sp³-hybridized carbons (Fsp3) is 0.810. The molecule has 0 aromatic rings. The number of oxime groups is 1. The predicted molar refractivity (Wildman–Crippen MR) is 95.1 cm³/mol. The molecule has 6 atom stereocenters. The number of allylic oxidation sites excluding steroid dienone is 1. The second kappa shape index (κ2) is 5.44. The summed E-state index contributed by atoms with van der Waals surface area (Å²) in [5, 5.41) is 12.9. The molecule has 0 aromatic carbocycles. The third-order valence-electron chi connectivity index (χ3n) is 8.62. The van der Waals surface area contributed by atoms with Crippen LogP contribution < -0.4 is 0 Å². The van der Waals surface area contributed by atoms with Gasteiger partial charge < -0.3 is 5.21 Å². The maximum atomic E-state index is 11.9. The van der Waals surface area contributed by atoms with Crippen LogP contribution in [0.3, 0.4) is 0 Å². The molecule has 3 saturated carbocycles. The Morgan fingerprint density at radius 3 is 2.67 bits per heavy atom. The fourth-order valence-electron chi connectivity index (χ4n) is 7.32. The monoisotopic (exact) mass is 329 g/mol. The minimum atomic E-state index is 0.260. The Morgan fingerprint density at radius 1 is 1.12 bits per heavy atom. The molecule has 0 heterocycles. The summed E-state index contributed by atoms with van der Waals surface area (Å²) in [7, 11) is 0. The van der Waals surface area contributed by atoms with Gasteiger partial charge in [0.15, 0.2) is 5.78 Å². The van der Waals surface area contributed by atoms with E-state index < -0.39 is 0 Å². The number of carbonyl (C=O) groups is 1. The van der Waals surface area contributed by atoms with E-state index in [-0.39, 0.29) is 5.41 Å². The summed E-state index contributed by atoms with van der Waals surface area (Å²) in [5.41, 5.74) is 2.95. The molecule has 3 nitrogen and oxygen atoms in total. The largest absolute Gasteiger partial charge is 0.411 e. The highest BCUT2D eigenvalue weighted by Gasteiger charge is 2.59. The molecule has 132 valence electrons. The normalized spacial score (nSPS) is 48.4. The van der Waals surface area contributed by atoms with Crippen LogP contribution in [0.1, 0.15) is 72.1 Å². The van der Waals surface area contributed by atoms with E-state index in [9.17, 15) is 10.0 Å². The van der Waals surface area contributed by atoms with Gasteiger partial charge in [-0.2, -0.15) is 0 Å². The molecule has 5 unspecified atom stereocenters. The number of nitrogens with zero attached hydrogens (tertiary/aromatic N) is 1. The number of hydrogen-bond donors (Lipinski definition) is 1. The number of ketones is 1. The van der Waals surface area contributed by atoms with E-state index in [2.05, 4.69) is 19.0 Å². The number of rotatable bonds is 1. The second-order valence-corrected chi connectivity index (χ2v) is 9.38. The van der Waals surface area contributed by atoms with Crippen LogP contribution >= 0.6 is 0 Å². The second-order valence-electron chi connectivity index (χ2n) is 9.38. The Kier molecular flexibility index (Phi) is 3.71. The van der Waals surface area contributed by atoms with E-state index in [1.807, 2.05) is 13.0 Å². The van der Waals surface area contributed by atoms with Gasteiger partial charge in [-0.3, -0.25) is 4.79 Å². The molecular weight excluding hydrogens is 298 g/mol. The zero-order valence-electron chi connectivity index (χ0n) is 15.3. The Balaban J connectivity index is 1.66. The topological polar surface area (TPSA) is 49.7 Å². The summed E-state index contributed by atoms with van der Waals surface area (Å²) in [5.74, 6) is 3.08. The molecule has 0 spiro atoms. The van der Waals surface area contributed by atoms with E-state index in [0.717, 1.165) is 42.7 Å². The Bertz CT molecular complexity index is 621. The van der Waals surface area contributed by atoms with E-state index in [1.165, 1.54) is 37.7 Å². The molecule has 1 N–H and O–H groups in total. The quantitative estimate of drug-likeness (QED) is 0.419. The minimum absolute atomic E-state index is 0.260. The zero-order valence-corrected chi connectivity index (χ0v) is 15.3. The van der Waals surface area contributed by atoms with Gasteiger partial charge >= 0.3 is 0 Å². The van der Waals surface area contributed by atoms with Gasteiger partial charge in [0.1, 0.15) is 0 Å². The number of hydrogen-bond acceptors (Lipinski definition) is 3. The Morgan fingerprint density at radius 2 is 1.92 bits per heavy atom. The van der Waals surface area contributed by atoms with Crippen molar-refractivity contribution in [1.82, 2.24) is 0 Å². The van der Waals surface area contributed by atoms with Gasteiger partial charge in [-0.25, -0.2) is 0 Å². The number of carbonyl (C=O) groups excluding carboxylic acids is 1. The van der Waals surface area contributed by atoms with Crippen molar-refractivity contribution in [3.63, 3.8) is 0 Å². The van der Waals surface area contributed by atoms with Crippen LogP contribution in [0.4, 0.5) is 0 Å². The van der Waals surface area contributed by atoms with Crippen molar-refractivity contribution in [2.45, 2.75) is 72.1 Å². The first-order valence-corrected chi connectivity index (χ1v) is 9.82. The molecular formula is C21H31NO2. The highest BCUT2D eigenvalue weighted by molar-refractivity contribution is 5.91. The first-order chi connectivity index (χ1) is 11.4. The van der Waals surface area contributed by atoms with E-state index in [4.69, 9.17) is 0 Å². The fourth-order valence-corrected chi connectivity index (χ4v) is 7.32. The summed E-state index contributed by atoms with van der Waals surface area (Å²) < 4.78 is 0. The van der Waals surface area contributed by atoms with Crippen LogP contribution in [0.5, 0.6) is 0 Å². The van der Waals surface area contributed by atoms with Crippen LogP contribution in [-0.4, -0.2) is 16.7 Å². The van der Waals surface area contributed by atoms with Gasteiger partial charge in [-0.15, -0.1) is 0 Å². The third-order valence-corrected chi connectivity index (χ3v) is 8.62. The van der Waals surface area contributed by atoms with Crippen molar-refractivity contribution in [2.24, 2.45) is 39.7 Å². The summed E-state index contributed by atoms with van der Waals surface area (Å²) in [6.45, 7) is 6.90. The summed E-state index contributed by atoms with van der Waals surface area (Å²) >= 11 is 0. The van der Waals surface area contributed by atoms with Crippen molar-refractivity contribution < 1.29 is 10.0 Å². The van der Waals surface area contributed by atoms with Crippen LogP contribution in [0.25, 0.3) is 0 Å². The van der Waals surface area contributed by atoms with Crippen LogP contribution in [0.15, 0.2) is 16.8 Å². The van der Waals surface area contributed by atoms with E-state index >= 15 is 0 Å². The average Bonchev–Trinajstić information content (AvgIpc) is 2.92. The van der Waals surface area contributed by atoms with Crippen LogP contribution in [-0.2, 0) is 4.79 Å². The Hall–Kier alpha value is -1.12. The lowest BCUT2D eigenvalue weighted by Gasteiger charge is -2.58. The molecule has 0 radical (unpaired) electrons. The maximum absolute atomic E-state index is 11.9. The van der Waals surface area contributed by atoms with Crippen molar-refractivity contribution in [3.05, 3.63) is 11.6 Å². The molecule has 0 saturated heterocycles. The Labute approximate surface area is 145 Å². The first kappa shape index (κ1) is 16.4. The van der Waals surface area contributed by atoms with Gasteiger partial charge in [0, 0.05) is 12.3 Å². The molecule has 3 fully saturated rings. The van der Waals surface area contributed by atoms with E-state index in [1.54, 1.807) is 0 Å². The summed E-state index contributed by atoms with van der Waals surface area (Å²) in [6, 6.07) is 0. The standard InChI is InChI=1S/C21H31NO2/c1-13(22-24)17-6-7-18-16-5-4-14-12-15(23)8-10-20(14,2)19(16)9-11-21(17,18)3/h12,16-19,24H,4-11H2,1-3H3/b22-13-/t16?,17-,18?,19?,20?,21?/m1/s1. The molecule has 0 aromatic heterocycles. The highest BCUT2D eigenvalue weighted by atomic mass is 16.4. The first-order valence-electron chi connectivity index (χ1n) is 9.82. The lowest BCUT2D eigenvalue weighted by Crippen LogP contribution is -2.51. The predicted octanol–water partition coefficient (Wildman–Crippen LogP) is 4.98. The molecule has 4 aliphatic carbocycles. The van der Waals surface area contributed by atoms with Crippen molar-refractivity contribution in [2.75, 3.05) is 0 Å². The van der Waals surface area contributed by atoms with Crippen molar-refractivity contribution in [3.8, 4) is 0 Å². The van der Waals surface area contributed by atoms with E-state index in [0.29, 0.717) is 17.1 Å².